The number of sulfonamides is 1. The molecule has 2 aliphatic heterocycles. The molecular weight excluding hydrogens is 387 g/mol. The van der Waals surface area contributed by atoms with E-state index in [0.29, 0.717) is 19.4 Å². The summed E-state index contributed by atoms with van der Waals surface area (Å²) < 4.78 is 33.6. The smallest absolute Gasteiger partial charge is 0.244 e. The van der Waals surface area contributed by atoms with Crippen molar-refractivity contribution >= 4 is 39.1 Å². The Morgan fingerprint density at radius 2 is 1.80 bits per heavy atom. The molecule has 2 aliphatic rings. The number of rotatable bonds is 3. The molecule has 3 rings (SSSR count). The first-order valence-electron chi connectivity index (χ1n) is 8.03. The Morgan fingerprint density at radius 3 is 2.40 bits per heavy atom. The van der Waals surface area contributed by atoms with E-state index in [-0.39, 0.29) is 27.0 Å². The molecule has 1 aromatic rings. The van der Waals surface area contributed by atoms with E-state index in [2.05, 4.69) is 0 Å². The maximum absolute atomic E-state index is 13.4. The molecule has 1 amide bonds. The third-order valence-electron chi connectivity index (χ3n) is 4.87. The van der Waals surface area contributed by atoms with Gasteiger partial charge in [0.15, 0.2) is 0 Å². The molecule has 2 saturated heterocycles. The van der Waals surface area contributed by atoms with Gasteiger partial charge in [-0.05, 0) is 37.5 Å². The number of benzene rings is 1. The van der Waals surface area contributed by atoms with Crippen LogP contribution in [0.25, 0.3) is 0 Å². The molecule has 3 atom stereocenters. The van der Waals surface area contributed by atoms with E-state index in [0.717, 1.165) is 6.42 Å². The minimum absolute atomic E-state index is 0.00546. The molecule has 2 bridgehead atoms. The summed E-state index contributed by atoms with van der Waals surface area (Å²) in [5, 5.41) is 0.468. The van der Waals surface area contributed by atoms with Crippen LogP contribution in [0.4, 0.5) is 0 Å². The molecular formula is C16H20Cl2N2O4S. The number of nitrogens with zero attached hydrogens (tertiary/aromatic N) is 2. The Balaban J connectivity index is 2.13. The van der Waals surface area contributed by atoms with Gasteiger partial charge < -0.3 is 9.64 Å². The molecule has 2 heterocycles. The summed E-state index contributed by atoms with van der Waals surface area (Å²) in [6.45, 7) is 0.360. The highest BCUT2D eigenvalue weighted by molar-refractivity contribution is 7.89. The number of fused-ring (bicyclic) bond motifs is 2. The zero-order chi connectivity index (χ0) is 18.4. The fourth-order valence-corrected chi connectivity index (χ4v) is 6.28. The van der Waals surface area contributed by atoms with E-state index in [9.17, 15) is 13.2 Å². The summed E-state index contributed by atoms with van der Waals surface area (Å²) in [4.78, 5) is 14.3. The molecule has 1 aromatic carbocycles. The average Bonchev–Trinajstić information content (AvgIpc) is 2.62. The summed E-state index contributed by atoms with van der Waals surface area (Å²) >= 11 is 12.0. The molecule has 138 valence electrons. The molecule has 2 fully saturated rings. The highest BCUT2D eigenvalue weighted by atomic mass is 35.5. The first-order valence-corrected chi connectivity index (χ1v) is 10.2. The monoisotopic (exact) mass is 406 g/mol. The van der Waals surface area contributed by atoms with Crippen LogP contribution in [-0.4, -0.2) is 62.4 Å². The number of carbonyl (C=O) groups excluding carboxylic acids is 1. The van der Waals surface area contributed by atoms with Crippen LogP contribution in [-0.2, 0) is 19.6 Å². The van der Waals surface area contributed by atoms with Gasteiger partial charge in [0.1, 0.15) is 6.04 Å². The lowest BCUT2D eigenvalue weighted by Crippen LogP contribution is -2.55. The first kappa shape index (κ1) is 18.9. The van der Waals surface area contributed by atoms with Gasteiger partial charge in [-0.2, -0.15) is 4.31 Å². The minimum atomic E-state index is -3.95. The Hall–Kier alpha value is -0.860. The summed E-state index contributed by atoms with van der Waals surface area (Å²) in [6.07, 6.45) is 1.52. The van der Waals surface area contributed by atoms with Gasteiger partial charge in [-0.3, -0.25) is 4.79 Å². The molecule has 9 heteroatoms. The molecule has 0 aliphatic carbocycles. The highest BCUT2D eigenvalue weighted by Gasteiger charge is 2.49. The van der Waals surface area contributed by atoms with E-state index in [1.165, 1.54) is 22.5 Å². The standard InChI is InChI=1S/C16H20Cl2N2O4S/c1-19-9-15(24-2)13-4-3-5-14(16(19)21)20(13)25(22,23)12-7-10(17)6-11(18)8-12/h6-8,13-15H,3-5,9H2,1-2H3/t13-,14?,15-/m0/s1. The molecule has 0 aromatic heterocycles. The van der Waals surface area contributed by atoms with Gasteiger partial charge in [0.2, 0.25) is 15.9 Å². The predicted octanol–water partition coefficient (Wildman–Crippen LogP) is 2.39. The van der Waals surface area contributed by atoms with Crippen molar-refractivity contribution < 1.29 is 17.9 Å². The second kappa shape index (κ2) is 7.04. The number of hydrogen-bond donors (Lipinski definition) is 0. The van der Waals surface area contributed by atoms with Gasteiger partial charge in [0.25, 0.3) is 0 Å². The van der Waals surface area contributed by atoms with Crippen molar-refractivity contribution in [2.75, 3.05) is 20.7 Å². The van der Waals surface area contributed by atoms with Gasteiger partial charge in [0, 0.05) is 30.7 Å². The average molecular weight is 407 g/mol. The minimum Gasteiger partial charge on any atom is -0.378 e. The zero-order valence-corrected chi connectivity index (χ0v) is 16.3. The number of halogens is 2. The van der Waals surface area contributed by atoms with Crippen LogP contribution < -0.4 is 0 Å². The Bertz CT molecular complexity index is 766. The zero-order valence-electron chi connectivity index (χ0n) is 14.0. The third kappa shape index (κ3) is 3.40. The van der Waals surface area contributed by atoms with Crippen LogP contribution >= 0.6 is 23.2 Å². The number of piperidine rings is 1. The molecule has 6 nitrogen and oxygen atoms in total. The number of ether oxygens (including phenoxy) is 1. The largest absolute Gasteiger partial charge is 0.378 e. The number of hydrogen-bond acceptors (Lipinski definition) is 4. The van der Waals surface area contributed by atoms with E-state index in [1.54, 1.807) is 19.1 Å². The highest BCUT2D eigenvalue weighted by Crippen LogP contribution is 2.36. The normalized spacial score (nSPS) is 28.1. The van der Waals surface area contributed by atoms with Crippen LogP contribution in [0.15, 0.2) is 23.1 Å². The number of methoxy groups -OCH3 is 1. The van der Waals surface area contributed by atoms with Crippen LogP contribution in [0.1, 0.15) is 19.3 Å². The van der Waals surface area contributed by atoms with E-state index >= 15 is 0 Å². The number of amides is 1. The van der Waals surface area contributed by atoms with Crippen molar-refractivity contribution in [3.63, 3.8) is 0 Å². The van der Waals surface area contributed by atoms with E-state index < -0.39 is 22.1 Å². The van der Waals surface area contributed by atoms with Crippen LogP contribution in [0.5, 0.6) is 0 Å². The Morgan fingerprint density at radius 1 is 1.16 bits per heavy atom. The van der Waals surface area contributed by atoms with E-state index in [4.69, 9.17) is 27.9 Å². The van der Waals surface area contributed by atoms with Crippen LogP contribution in [0, 0.1) is 0 Å². The maximum atomic E-state index is 13.4. The molecule has 0 spiro atoms. The molecule has 1 unspecified atom stereocenters. The number of carbonyl (C=O) groups is 1. The number of likely N-dealkylation sites (N-methyl/N-ethyl adjacent to an activating group) is 1. The Labute approximate surface area is 157 Å². The molecule has 0 saturated carbocycles. The quantitative estimate of drug-likeness (QED) is 0.772. The van der Waals surface area contributed by atoms with Gasteiger partial charge in [-0.15, -0.1) is 0 Å². The van der Waals surface area contributed by atoms with Gasteiger partial charge in [0.05, 0.1) is 17.0 Å². The SMILES string of the molecule is CO[C@H]1CN(C)C(=O)C2CCC[C@@H]1N2S(=O)(=O)c1cc(Cl)cc(Cl)c1. The summed E-state index contributed by atoms with van der Waals surface area (Å²) in [7, 11) is -0.735. The second-order valence-electron chi connectivity index (χ2n) is 6.45. The Kier molecular flexibility index (Phi) is 5.33. The van der Waals surface area contributed by atoms with Crippen molar-refractivity contribution in [3.05, 3.63) is 28.2 Å². The molecule has 0 radical (unpaired) electrons. The van der Waals surface area contributed by atoms with Crippen molar-refractivity contribution in [2.45, 2.75) is 42.3 Å². The summed E-state index contributed by atoms with van der Waals surface area (Å²) in [6, 6.07) is 3.06. The van der Waals surface area contributed by atoms with Crippen molar-refractivity contribution in [1.29, 1.82) is 0 Å². The molecule has 25 heavy (non-hydrogen) atoms. The van der Waals surface area contributed by atoms with Gasteiger partial charge in [-0.25, -0.2) is 8.42 Å². The van der Waals surface area contributed by atoms with Gasteiger partial charge >= 0.3 is 0 Å². The van der Waals surface area contributed by atoms with Crippen molar-refractivity contribution in [3.8, 4) is 0 Å². The first-order chi connectivity index (χ1) is 11.8. The van der Waals surface area contributed by atoms with Crippen LogP contribution in [0.2, 0.25) is 10.0 Å². The fourth-order valence-electron chi connectivity index (χ4n) is 3.70. The fraction of sp³-hybridized carbons (Fsp3) is 0.562. The topological polar surface area (TPSA) is 66.9 Å². The lowest BCUT2D eigenvalue weighted by molar-refractivity contribution is -0.133. The summed E-state index contributed by atoms with van der Waals surface area (Å²) in [5.41, 5.74) is 0. The summed E-state index contributed by atoms with van der Waals surface area (Å²) in [5.74, 6) is -0.207. The van der Waals surface area contributed by atoms with Crippen LogP contribution in [0.3, 0.4) is 0 Å². The van der Waals surface area contributed by atoms with Gasteiger partial charge in [-0.1, -0.05) is 23.2 Å². The molecule has 0 N–H and O–H groups in total. The van der Waals surface area contributed by atoms with E-state index in [1.807, 2.05) is 0 Å². The third-order valence-corrected chi connectivity index (χ3v) is 7.22. The maximum Gasteiger partial charge on any atom is 0.244 e. The van der Waals surface area contributed by atoms with Crippen molar-refractivity contribution in [2.24, 2.45) is 0 Å². The second-order valence-corrected chi connectivity index (χ2v) is 9.16. The lowest BCUT2D eigenvalue weighted by Gasteiger charge is -2.40. The lowest BCUT2D eigenvalue weighted by atomic mass is 9.96. The predicted molar refractivity (Wildman–Crippen MR) is 95.3 cm³/mol. The van der Waals surface area contributed by atoms with Crippen molar-refractivity contribution in [1.82, 2.24) is 9.21 Å².